The molecule has 0 spiro atoms. The molecule has 162 valence electrons. The first-order valence-corrected chi connectivity index (χ1v) is 10.8. The highest BCUT2D eigenvalue weighted by Crippen LogP contribution is 2.36. The standard InChI is InChI=1S/C26H21ClO5/c1-2-16-3-5-17(6-4-16)9-24-25(28)22-8-7-21(12-23(22)32-24)30-14-19-11-20(27)10-18-13-29-15-31-26(18)19/h3-12H,2,13-15H2,1H3/b24-9-. The minimum Gasteiger partial charge on any atom is -0.489 e. The SMILES string of the molecule is CCc1ccc(/C=C2\Oc3cc(OCc4cc(Cl)cc5c4OCOC5)ccc3C2=O)cc1. The molecule has 0 amide bonds. The number of Topliss-reactive ketones (excluding diaryl/α,β-unsaturated/α-hetero) is 1. The van der Waals surface area contributed by atoms with Crippen LogP contribution in [0.1, 0.15) is 39.5 Å². The monoisotopic (exact) mass is 448 g/mol. The average molecular weight is 449 g/mol. The maximum absolute atomic E-state index is 12.7. The van der Waals surface area contributed by atoms with Gasteiger partial charge < -0.3 is 18.9 Å². The van der Waals surface area contributed by atoms with E-state index >= 15 is 0 Å². The summed E-state index contributed by atoms with van der Waals surface area (Å²) in [5.74, 6) is 1.99. The van der Waals surface area contributed by atoms with Crippen molar-refractivity contribution < 1.29 is 23.7 Å². The van der Waals surface area contributed by atoms with E-state index in [9.17, 15) is 4.79 Å². The lowest BCUT2D eigenvalue weighted by Crippen LogP contribution is -2.14. The van der Waals surface area contributed by atoms with E-state index < -0.39 is 0 Å². The van der Waals surface area contributed by atoms with Gasteiger partial charge in [-0.2, -0.15) is 0 Å². The van der Waals surface area contributed by atoms with Gasteiger partial charge in [0.2, 0.25) is 5.78 Å². The molecule has 0 aliphatic carbocycles. The van der Waals surface area contributed by atoms with Crippen molar-refractivity contribution in [1.82, 2.24) is 0 Å². The zero-order valence-electron chi connectivity index (χ0n) is 17.5. The molecule has 0 saturated carbocycles. The Bertz CT molecular complexity index is 1210. The summed E-state index contributed by atoms with van der Waals surface area (Å²) < 4.78 is 22.8. The summed E-state index contributed by atoms with van der Waals surface area (Å²) >= 11 is 6.23. The van der Waals surface area contributed by atoms with Crippen molar-refractivity contribution in [2.24, 2.45) is 0 Å². The Morgan fingerprint density at radius 3 is 2.75 bits per heavy atom. The lowest BCUT2D eigenvalue weighted by atomic mass is 10.1. The van der Waals surface area contributed by atoms with Crippen LogP contribution in [-0.4, -0.2) is 12.6 Å². The van der Waals surface area contributed by atoms with Gasteiger partial charge in [-0.25, -0.2) is 0 Å². The lowest BCUT2D eigenvalue weighted by molar-refractivity contribution is -0.0175. The van der Waals surface area contributed by atoms with Gasteiger partial charge in [-0.1, -0.05) is 42.8 Å². The first-order valence-electron chi connectivity index (χ1n) is 10.4. The number of carbonyl (C=O) groups is 1. The Labute approximate surface area is 191 Å². The van der Waals surface area contributed by atoms with E-state index in [2.05, 4.69) is 19.1 Å². The Morgan fingerprint density at radius 1 is 1.09 bits per heavy atom. The number of ether oxygens (including phenoxy) is 4. The van der Waals surface area contributed by atoms with E-state index in [1.807, 2.05) is 24.3 Å². The molecule has 2 aliphatic heterocycles. The van der Waals surface area contributed by atoms with E-state index in [0.29, 0.717) is 34.5 Å². The molecule has 2 heterocycles. The molecule has 3 aromatic rings. The minimum atomic E-state index is -0.136. The van der Waals surface area contributed by atoms with E-state index in [1.54, 1.807) is 24.3 Å². The number of allylic oxidation sites excluding steroid dienone is 1. The minimum absolute atomic E-state index is 0.136. The molecule has 3 aromatic carbocycles. The maximum atomic E-state index is 12.7. The zero-order chi connectivity index (χ0) is 22.1. The fourth-order valence-electron chi connectivity index (χ4n) is 3.78. The molecule has 0 radical (unpaired) electrons. The van der Waals surface area contributed by atoms with Crippen molar-refractivity contribution in [3.8, 4) is 17.2 Å². The summed E-state index contributed by atoms with van der Waals surface area (Å²) in [5, 5.41) is 0.598. The normalized spacial score (nSPS) is 15.7. The first-order chi connectivity index (χ1) is 15.6. The van der Waals surface area contributed by atoms with Gasteiger partial charge in [0, 0.05) is 22.2 Å². The number of carbonyl (C=O) groups excluding carboxylic acids is 1. The fraction of sp³-hybridized carbons (Fsp3) is 0.192. The van der Waals surface area contributed by atoms with Gasteiger partial charge in [0.05, 0.1) is 12.2 Å². The van der Waals surface area contributed by atoms with Gasteiger partial charge in [-0.3, -0.25) is 4.79 Å². The van der Waals surface area contributed by atoms with Crippen LogP contribution in [0.5, 0.6) is 17.2 Å². The molecule has 0 bridgehead atoms. The average Bonchev–Trinajstić information content (AvgIpc) is 3.12. The van der Waals surface area contributed by atoms with E-state index in [-0.39, 0.29) is 19.2 Å². The lowest BCUT2D eigenvalue weighted by Gasteiger charge is -2.21. The van der Waals surface area contributed by atoms with Gasteiger partial charge in [-0.15, -0.1) is 0 Å². The fourth-order valence-corrected chi connectivity index (χ4v) is 4.05. The number of rotatable bonds is 5. The second-order valence-corrected chi connectivity index (χ2v) is 8.08. The van der Waals surface area contributed by atoms with Crippen molar-refractivity contribution in [3.63, 3.8) is 0 Å². The van der Waals surface area contributed by atoms with Crippen LogP contribution in [0.25, 0.3) is 6.08 Å². The predicted molar refractivity (Wildman–Crippen MR) is 121 cm³/mol. The first kappa shape index (κ1) is 20.6. The van der Waals surface area contributed by atoms with Crippen molar-refractivity contribution in [2.45, 2.75) is 26.6 Å². The summed E-state index contributed by atoms with van der Waals surface area (Å²) in [6.07, 6.45) is 2.73. The highest BCUT2D eigenvalue weighted by molar-refractivity contribution is 6.30. The topological polar surface area (TPSA) is 54.0 Å². The molecule has 0 atom stereocenters. The Kier molecular flexibility index (Phi) is 5.60. The van der Waals surface area contributed by atoms with Gasteiger partial charge in [0.15, 0.2) is 12.6 Å². The summed E-state index contributed by atoms with van der Waals surface area (Å²) in [7, 11) is 0. The van der Waals surface area contributed by atoms with Crippen molar-refractivity contribution in [1.29, 1.82) is 0 Å². The van der Waals surface area contributed by atoms with Crippen LogP contribution in [0.15, 0.2) is 60.4 Å². The molecule has 0 unspecified atom stereocenters. The third-order valence-electron chi connectivity index (χ3n) is 5.47. The van der Waals surface area contributed by atoms with E-state index in [0.717, 1.165) is 28.9 Å². The second-order valence-electron chi connectivity index (χ2n) is 7.65. The molecule has 0 aromatic heterocycles. The molecular weight excluding hydrogens is 428 g/mol. The zero-order valence-corrected chi connectivity index (χ0v) is 18.3. The molecule has 6 heteroatoms. The van der Waals surface area contributed by atoms with Crippen LogP contribution >= 0.6 is 11.6 Å². The van der Waals surface area contributed by atoms with Crippen LogP contribution in [0.4, 0.5) is 0 Å². The third kappa shape index (κ3) is 4.09. The van der Waals surface area contributed by atoms with Crippen LogP contribution in [0.2, 0.25) is 5.02 Å². The molecular formula is C26H21ClO5. The van der Waals surface area contributed by atoms with Crippen LogP contribution in [0.3, 0.4) is 0 Å². The largest absolute Gasteiger partial charge is 0.489 e. The Hall–Kier alpha value is -3.28. The van der Waals surface area contributed by atoms with Crippen LogP contribution < -0.4 is 14.2 Å². The number of fused-ring (bicyclic) bond motifs is 2. The van der Waals surface area contributed by atoms with Crippen LogP contribution in [-0.2, 0) is 24.4 Å². The van der Waals surface area contributed by atoms with Crippen LogP contribution in [0, 0.1) is 0 Å². The maximum Gasteiger partial charge on any atom is 0.231 e. The van der Waals surface area contributed by atoms with Crippen molar-refractivity contribution in [3.05, 3.63) is 93.2 Å². The molecule has 0 saturated heterocycles. The highest BCUT2D eigenvalue weighted by atomic mass is 35.5. The molecule has 0 N–H and O–H groups in total. The quantitative estimate of drug-likeness (QED) is 0.450. The molecule has 5 rings (SSSR count). The van der Waals surface area contributed by atoms with Gasteiger partial charge >= 0.3 is 0 Å². The third-order valence-corrected chi connectivity index (χ3v) is 5.69. The summed E-state index contributed by atoms with van der Waals surface area (Å²) in [6, 6.07) is 16.9. The van der Waals surface area contributed by atoms with E-state index in [4.69, 9.17) is 30.5 Å². The van der Waals surface area contributed by atoms with Crippen molar-refractivity contribution in [2.75, 3.05) is 6.79 Å². The summed E-state index contributed by atoms with van der Waals surface area (Å²) in [5.41, 5.74) is 4.42. The van der Waals surface area contributed by atoms with Crippen molar-refractivity contribution >= 4 is 23.5 Å². The molecule has 32 heavy (non-hydrogen) atoms. The number of benzene rings is 3. The molecule has 5 nitrogen and oxygen atoms in total. The number of ketones is 1. The highest BCUT2D eigenvalue weighted by Gasteiger charge is 2.28. The van der Waals surface area contributed by atoms with Gasteiger partial charge in [0.25, 0.3) is 0 Å². The summed E-state index contributed by atoms with van der Waals surface area (Å²) in [4.78, 5) is 12.7. The molecule has 2 aliphatic rings. The number of aryl methyl sites for hydroxylation is 1. The Balaban J connectivity index is 1.33. The Morgan fingerprint density at radius 2 is 1.94 bits per heavy atom. The summed E-state index contributed by atoms with van der Waals surface area (Å²) in [6.45, 7) is 3.03. The van der Waals surface area contributed by atoms with Gasteiger partial charge in [-0.05, 0) is 47.9 Å². The number of halogens is 1. The number of hydrogen-bond donors (Lipinski definition) is 0. The second kappa shape index (κ2) is 8.69. The van der Waals surface area contributed by atoms with Gasteiger partial charge in [0.1, 0.15) is 23.9 Å². The van der Waals surface area contributed by atoms with E-state index in [1.165, 1.54) is 5.56 Å². The smallest absolute Gasteiger partial charge is 0.231 e. The molecule has 0 fully saturated rings. The number of hydrogen-bond acceptors (Lipinski definition) is 5. The predicted octanol–water partition coefficient (Wildman–Crippen LogP) is 5.96.